The fourth-order valence-corrected chi connectivity index (χ4v) is 2.34. The molecule has 0 fully saturated rings. The van der Waals surface area contributed by atoms with Crippen LogP contribution in [-0.2, 0) is 11.2 Å². The Morgan fingerprint density at radius 3 is 2.70 bits per heavy atom. The molecule has 3 heteroatoms. The van der Waals surface area contributed by atoms with Crippen molar-refractivity contribution in [2.75, 3.05) is 33.4 Å². The van der Waals surface area contributed by atoms with Gasteiger partial charge in [-0.05, 0) is 56.8 Å². The summed E-state index contributed by atoms with van der Waals surface area (Å²) in [6, 6.07) is 8.30. The number of benzene rings is 1. The van der Waals surface area contributed by atoms with Crippen LogP contribution in [0.1, 0.15) is 32.3 Å². The maximum absolute atomic E-state index is 5.51. The molecule has 1 aromatic rings. The first-order valence-electron chi connectivity index (χ1n) is 7.72. The van der Waals surface area contributed by atoms with Gasteiger partial charge in [-0.3, -0.25) is 0 Å². The van der Waals surface area contributed by atoms with Gasteiger partial charge in [0.2, 0.25) is 0 Å². The second-order valence-corrected chi connectivity index (χ2v) is 5.07. The highest BCUT2D eigenvalue weighted by molar-refractivity contribution is 5.33. The molecule has 0 saturated heterocycles. The summed E-state index contributed by atoms with van der Waals surface area (Å²) in [5.74, 6) is 1.58. The second kappa shape index (κ2) is 10.7. The molecule has 1 unspecified atom stereocenters. The second-order valence-electron chi connectivity index (χ2n) is 5.07. The van der Waals surface area contributed by atoms with Gasteiger partial charge in [0.1, 0.15) is 5.75 Å². The van der Waals surface area contributed by atoms with E-state index in [0.717, 1.165) is 44.9 Å². The van der Waals surface area contributed by atoms with E-state index >= 15 is 0 Å². The summed E-state index contributed by atoms with van der Waals surface area (Å²) < 4.78 is 11.0. The molecule has 3 nitrogen and oxygen atoms in total. The summed E-state index contributed by atoms with van der Waals surface area (Å²) in [6.45, 7) is 8.00. The van der Waals surface area contributed by atoms with Crippen LogP contribution in [-0.4, -0.2) is 33.4 Å². The van der Waals surface area contributed by atoms with Gasteiger partial charge in [0, 0.05) is 13.2 Å². The van der Waals surface area contributed by atoms with E-state index in [1.54, 1.807) is 7.11 Å². The number of hydrogen-bond acceptors (Lipinski definition) is 3. The van der Waals surface area contributed by atoms with Crippen molar-refractivity contribution in [1.82, 2.24) is 5.32 Å². The third kappa shape index (κ3) is 6.40. The fourth-order valence-electron chi connectivity index (χ4n) is 2.34. The van der Waals surface area contributed by atoms with Crippen LogP contribution in [0.4, 0.5) is 0 Å². The normalized spacial score (nSPS) is 12.3. The van der Waals surface area contributed by atoms with Crippen LogP contribution in [0.2, 0.25) is 0 Å². The minimum Gasteiger partial charge on any atom is -0.496 e. The van der Waals surface area contributed by atoms with E-state index in [4.69, 9.17) is 9.47 Å². The van der Waals surface area contributed by atoms with E-state index in [1.807, 2.05) is 19.1 Å². The Balaban J connectivity index is 2.56. The van der Waals surface area contributed by atoms with Crippen molar-refractivity contribution in [3.63, 3.8) is 0 Å². The lowest BCUT2D eigenvalue weighted by atomic mass is 9.95. The van der Waals surface area contributed by atoms with Crippen LogP contribution in [0, 0.1) is 5.92 Å². The number of methoxy groups -OCH3 is 1. The van der Waals surface area contributed by atoms with Gasteiger partial charge in [-0.1, -0.05) is 25.1 Å². The molecule has 0 aliphatic heterocycles. The first-order valence-corrected chi connectivity index (χ1v) is 7.72. The number of nitrogens with one attached hydrogen (secondary N) is 1. The minimum absolute atomic E-state index is 0.587. The van der Waals surface area contributed by atoms with Crippen LogP contribution >= 0.6 is 0 Å². The summed E-state index contributed by atoms with van der Waals surface area (Å²) in [5.41, 5.74) is 1.29. The van der Waals surface area contributed by atoms with Crippen molar-refractivity contribution in [1.29, 1.82) is 0 Å². The van der Waals surface area contributed by atoms with Crippen molar-refractivity contribution >= 4 is 0 Å². The van der Waals surface area contributed by atoms with Gasteiger partial charge in [0.15, 0.2) is 0 Å². The Morgan fingerprint density at radius 2 is 2.00 bits per heavy atom. The van der Waals surface area contributed by atoms with Gasteiger partial charge < -0.3 is 14.8 Å². The molecule has 1 atom stereocenters. The van der Waals surface area contributed by atoms with Gasteiger partial charge >= 0.3 is 0 Å². The number of hydrogen-bond donors (Lipinski definition) is 1. The summed E-state index contributed by atoms with van der Waals surface area (Å²) in [6.07, 6.45) is 3.29. The van der Waals surface area contributed by atoms with Crippen LogP contribution in [0.25, 0.3) is 0 Å². The van der Waals surface area contributed by atoms with Crippen LogP contribution in [0.15, 0.2) is 24.3 Å². The van der Waals surface area contributed by atoms with Gasteiger partial charge in [0.05, 0.1) is 7.11 Å². The molecular weight excluding hydrogens is 250 g/mol. The molecular formula is C17H29NO2. The fraction of sp³-hybridized carbons (Fsp3) is 0.647. The van der Waals surface area contributed by atoms with Crippen molar-refractivity contribution in [2.45, 2.75) is 33.1 Å². The maximum atomic E-state index is 5.51. The average molecular weight is 279 g/mol. The monoisotopic (exact) mass is 279 g/mol. The highest BCUT2D eigenvalue weighted by Gasteiger charge is 2.12. The molecule has 0 radical (unpaired) electrons. The van der Waals surface area contributed by atoms with E-state index in [0.29, 0.717) is 5.92 Å². The van der Waals surface area contributed by atoms with Crippen molar-refractivity contribution in [3.8, 4) is 5.75 Å². The zero-order valence-corrected chi connectivity index (χ0v) is 13.2. The van der Waals surface area contributed by atoms with Gasteiger partial charge in [-0.2, -0.15) is 0 Å². The first-order chi connectivity index (χ1) is 9.81. The van der Waals surface area contributed by atoms with Crippen molar-refractivity contribution in [2.24, 2.45) is 5.92 Å². The molecule has 0 bridgehead atoms. The third-order valence-electron chi connectivity index (χ3n) is 3.44. The molecule has 0 aromatic heterocycles. The predicted octanol–water partition coefficient (Wildman–Crippen LogP) is 3.28. The Morgan fingerprint density at radius 1 is 1.20 bits per heavy atom. The standard InChI is InChI=1S/C17H29NO2/c1-4-11-18-14-15(10-12-20-5-2)13-16-8-6-7-9-17(16)19-3/h6-9,15,18H,4-5,10-14H2,1-3H3. The van der Waals surface area contributed by atoms with E-state index in [1.165, 1.54) is 12.0 Å². The van der Waals surface area contributed by atoms with E-state index < -0.39 is 0 Å². The summed E-state index contributed by atoms with van der Waals surface area (Å²) >= 11 is 0. The predicted molar refractivity (Wildman–Crippen MR) is 84.5 cm³/mol. The number of para-hydroxylation sites is 1. The van der Waals surface area contributed by atoms with Gasteiger partial charge in [-0.25, -0.2) is 0 Å². The highest BCUT2D eigenvalue weighted by Crippen LogP contribution is 2.22. The lowest BCUT2D eigenvalue weighted by Gasteiger charge is -2.19. The lowest BCUT2D eigenvalue weighted by molar-refractivity contribution is 0.131. The summed E-state index contributed by atoms with van der Waals surface area (Å²) in [5, 5.41) is 3.52. The quantitative estimate of drug-likeness (QED) is 0.631. The van der Waals surface area contributed by atoms with Crippen LogP contribution in [0.5, 0.6) is 5.75 Å². The van der Waals surface area contributed by atoms with Crippen LogP contribution < -0.4 is 10.1 Å². The molecule has 0 aliphatic rings. The average Bonchev–Trinajstić information content (AvgIpc) is 2.48. The van der Waals surface area contributed by atoms with Crippen LogP contribution in [0.3, 0.4) is 0 Å². The molecule has 20 heavy (non-hydrogen) atoms. The summed E-state index contributed by atoms with van der Waals surface area (Å²) in [7, 11) is 1.74. The molecule has 0 spiro atoms. The van der Waals surface area contributed by atoms with Gasteiger partial charge in [0.25, 0.3) is 0 Å². The Kier molecular flexibility index (Phi) is 9.09. The highest BCUT2D eigenvalue weighted by atomic mass is 16.5. The Hall–Kier alpha value is -1.06. The lowest BCUT2D eigenvalue weighted by Crippen LogP contribution is -2.26. The topological polar surface area (TPSA) is 30.5 Å². The molecule has 0 saturated carbocycles. The molecule has 114 valence electrons. The summed E-state index contributed by atoms with van der Waals surface area (Å²) in [4.78, 5) is 0. The zero-order chi connectivity index (χ0) is 14.6. The third-order valence-corrected chi connectivity index (χ3v) is 3.44. The number of rotatable bonds is 11. The van der Waals surface area contributed by atoms with Crippen molar-refractivity contribution in [3.05, 3.63) is 29.8 Å². The molecule has 0 aliphatic carbocycles. The molecule has 1 aromatic carbocycles. The largest absolute Gasteiger partial charge is 0.496 e. The van der Waals surface area contributed by atoms with E-state index in [-0.39, 0.29) is 0 Å². The smallest absolute Gasteiger partial charge is 0.122 e. The van der Waals surface area contributed by atoms with Crippen molar-refractivity contribution < 1.29 is 9.47 Å². The number of ether oxygens (including phenoxy) is 2. The first kappa shape index (κ1) is 17.0. The molecule has 1 rings (SSSR count). The van der Waals surface area contributed by atoms with E-state index in [9.17, 15) is 0 Å². The SMILES string of the molecule is CCCNCC(CCOCC)Cc1ccccc1OC. The van der Waals surface area contributed by atoms with Gasteiger partial charge in [-0.15, -0.1) is 0 Å². The molecule has 0 amide bonds. The Bertz CT molecular complexity index is 345. The maximum Gasteiger partial charge on any atom is 0.122 e. The minimum atomic E-state index is 0.587. The molecule has 0 heterocycles. The zero-order valence-electron chi connectivity index (χ0n) is 13.2. The van der Waals surface area contributed by atoms with E-state index in [2.05, 4.69) is 24.4 Å². The molecule has 1 N–H and O–H groups in total. The Labute approximate surface area is 123 Å².